The minimum atomic E-state index is -0.284. The average molecular weight is 261 g/mol. The third kappa shape index (κ3) is 3.30. The highest BCUT2D eigenvalue weighted by Gasteiger charge is 2.19. The molecular formula is C14H16FN3O. The molecule has 0 aliphatic carbocycles. The fraction of sp³-hybridized carbons (Fsp3) is 0.429. The van der Waals surface area contributed by atoms with Crippen LogP contribution >= 0.6 is 0 Å². The van der Waals surface area contributed by atoms with Crippen LogP contribution in [0.15, 0.2) is 18.2 Å². The van der Waals surface area contributed by atoms with E-state index in [0.29, 0.717) is 30.8 Å². The van der Waals surface area contributed by atoms with Crippen LogP contribution in [0.4, 0.5) is 4.39 Å². The van der Waals surface area contributed by atoms with Gasteiger partial charge in [0.05, 0.1) is 11.6 Å². The Morgan fingerprint density at radius 2 is 2.05 bits per heavy atom. The summed E-state index contributed by atoms with van der Waals surface area (Å²) < 4.78 is 13.7. The van der Waals surface area contributed by atoms with Crippen molar-refractivity contribution < 1.29 is 9.18 Å². The number of rotatable bonds is 2. The Hall–Kier alpha value is -1.93. The van der Waals surface area contributed by atoms with Crippen LogP contribution in [0.2, 0.25) is 0 Å². The van der Waals surface area contributed by atoms with E-state index < -0.39 is 0 Å². The lowest BCUT2D eigenvalue weighted by atomic mass is 10.1. The maximum atomic E-state index is 13.7. The van der Waals surface area contributed by atoms with Gasteiger partial charge in [-0.3, -0.25) is 9.69 Å². The highest BCUT2D eigenvalue weighted by molar-refractivity contribution is 5.73. The van der Waals surface area contributed by atoms with Crippen LogP contribution in [-0.4, -0.2) is 41.9 Å². The molecule has 100 valence electrons. The summed E-state index contributed by atoms with van der Waals surface area (Å²) in [7, 11) is 0. The van der Waals surface area contributed by atoms with E-state index in [0.717, 1.165) is 13.1 Å². The molecule has 1 aliphatic heterocycles. The number of carbonyl (C=O) groups is 1. The summed E-state index contributed by atoms with van der Waals surface area (Å²) in [5, 5.41) is 8.82. The molecule has 1 saturated heterocycles. The van der Waals surface area contributed by atoms with Crippen molar-refractivity contribution in [3.8, 4) is 6.07 Å². The van der Waals surface area contributed by atoms with Gasteiger partial charge in [0.1, 0.15) is 5.82 Å². The van der Waals surface area contributed by atoms with Crippen LogP contribution in [0.25, 0.3) is 0 Å². The van der Waals surface area contributed by atoms with Gasteiger partial charge in [0.2, 0.25) is 5.91 Å². The van der Waals surface area contributed by atoms with E-state index in [2.05, 4.69) is 4.90 Å². The molecule has 19 heavy (non-hydrogen) atoms. The molecule has 1 amide bonds. The summed E-state index contributed by atoms with van der Waals surface area (Å²) in [5.41, 5.74) is 1.01. The molecule has 5 heteroatoms. The van der Waals surface area contributed by atoms with Crippen LogP contribution in [0.1, 0.15) is 18.1 Å². The van der Waals surface area contributed by atoms with Crippen molar-refractivity contribution in [2.75, 3.05) is 26.2 Å². The number of amides is 1. The van der Waals surface area contributed by atoms with Gasteiger partial charge in [0.15, 0.2) is 0 Å². The second-order valence-electron chi connectivity index (χ2n) is 4.70. The van der Waals surface area contributed by atoms with Crippen molar-refractivity contribution in [2.24, 2.45) is 0 Å². The van der Waals surface area contributed by atoms with Gasteiger partial charge in [-0.25, -0.2) is 4.39 Å². The van der Waals surface area contributed by atoms with Crippen LogP contribution in [0.5, 0.6) is 0 Å². The number of hydrogen-bond donors (Lipinski definition) is 0. The van der Waals surface area contributed by atoms with Crippen LogP contribution < -0.4 is 0 Å². The lowest BCUT2D eigenvalue weighted by Crippen LogP contribution is -2.47. The molecule has 2 rings (SSSR count). The van der Waals surface area contributed by atoms with E-state index in [1.165, 1.54) is 12.1 Å². The zero-order valence-electron chi connectivity index (χ0n) is 10.9. The summed E-state index contributed by atoms with van der Waals surface area (Å²) in [5.74, 6) is -0.203. The Labute approximate surface area is 112 Å². The Balaban J connectivity index is 1.99. The SMILES string of the molecule is CC(=O)N1CCN(Cc2cc(C#N)ccc2F)CC1. The Morgan fingerprint density at radius 1 is 1.37 bits per heavy atom. The van der Waals surface area contributed by atoms with Gasteiger partial charge in [-0.2, -0.15) is 5.26 Å². The van der Waals surface area contributed by atoms with Crippen molar-refractivity contribution in [3.63, 3.8) is 0 Å². The minimum absolute atomic E-state index is 0.0808. The fourth-order valence-electron chi connectivity index (χ4n) is 2.23. The van der Waals surface area contributed by atoms with E-state index in [-0.39, 0.29) is 11.7 Å². The van der Waals surface area contributed by atoms with E-state index in [1.54, 1.807) is 17.9 Å². The molecule has 0 spiro atoms. The van der Waals surface area contributed by atoms with Gasteiger partial charge >= 0.3 is 0 Å². The van der Waals surface area contributed by atoms with Gasteiger partial charge in [-0.15, -0.1) is 0 Å². The summed E-state index contributed by atoms with van der Waals surface area (Å²) >= 11 is 0. The number of benzene rings is 1. The molecule has 1 aromatic carbocycles. The smallest absolute Gasteiger partial charge is 0.219 e. The third-order valence-electron chi connectivity index (χ3n) is 3.39. The topological polar surface area (TPSA) is 47.3 Å². The van der Waals surface area contributed by atoms with Crippen molar-refractivity contribution in [3.05, 3.63) is 35.1 Å². The summed E-state index contributed by atoms with van der Waals surface area (Å²) in [6.45, 7) is 4.86. The predicted molar refractivity (Wildman–Crippen MR) is 68.6 cm³/mol. The average Bonchev–Trinajstić information content (AvgIpc) is 2.42. The molecule has 1 fully saturated rings. The van der Waals surface area contributed by atoms with Crippen LogP contribution in [-0.2, 0) is 11.3 Å². The molecule has 0 bridgehead atoms. The van der Waals surface area contributed by atoms with Crippen molar-refractivity contribution in [2.45, 2.75) is 13.5 Å². The van der Waals surface area contributed by atoms with Gasteiger partial charge in [0, 0.05) is 45.2 Å². The van der Waals surface area contributed by atoms with Crippen molar-refractivity contribution >= 4 is 5.91 Å². The third-order valence-corrected chi connectivity index (χ3v) is 3.39. The second-order valence-corrected chi connectivity index (χ2v) is 4.70. The van der Waals surface area contributed by atoms with Gasteiger partial charge in [0.25, 0.3) is 0 Å². The van der Waals surface area contributed by atoms with Gasteiger partial charge in [-0.1, -0.05) is 0 Å². The number of halogens is 1. The number of nitriles is 1. The molecule has 0 aromatic heterocycles. The second kappa shape index (κ2) is 5.81. The van der Waals surface area contributed by atoms with E-state index in [4.69, 9.17) is 5.26 Å². The Kier molecular flexibility index (Phi) is 4.13. The highest BCUT2D eigenvalue weighted by Crippen LogP contribution is 2.14. The van der Waals surface area contributed by atoms with Crippen molar-refractivity contribution in [1.82, 2.24) is 9.80 Å². The first-order valence-corrected chi connectivity index (χ1v) is 6.26. The standard InChI is InChI=1S/C14H16FN3O/c1-11(19)18-6-4-17(5-7-18)10-13-8-12(9-16)2-3-14(13)15/h2-3,8H,4-7,10H2,1H3. The zero-order valence-corrected chi connectivity index (χ0v) is 10.9. The quantitative estimate of drug-likeness (QED) is 0.807. The molecule has 0 atom stereocenters. The molecule has 4 nitrogen and oxygen atoms in total. The van der Waals surface area contributed by atoms with E-state index in [1.807, 2.05) is 6.07 Å². The Morgan fingerprint density at radius 3 is 2.63 bits per heavy atom. The van der Waals surface area contributed by atoms with Gasteiger partial charge in [-0.05, 0) is 18.2 Å². The first-order valence-electron chi connectivity index (χ1n) is 6.26. The molecule has 1 aromatic rings. The zero-order chi connectivity index (χ0) is 13.8. The molecule has 1 aliphatic rings. The fourth-order valence-corrected chi connectivity index (χ4v) is 2.23. The number of piperazine rings is 1. The molecule has 0 N–H and O–H groups in total. The van der Waals surface area contributed by atoms with E-state index in [9.17, 15) is 9.18 Å². The predicted octanol–water partition coefficient (Wildman–Crippen LogP) is 1.36. The first kappa shape index (κ1) is 13.5. The largest absolute Gasteiger partial charge is 0.340 e. The van der Waals surface area contributed by atoms with Gasteiger partial charge < -0.3 is 4.90 Å². The van der Waals surface area contributed by atoms with Crippen molar-refractivity contribution in [1.29, 1.82) is 5.26 Å². The van der Waals surface area contributed by atoms with Crippen LogP contribution in [0.3, 0.4) is 0 Å². The number of carbonyl (C=O) groups excluding carboxylic acids is 1. The summed E-state index contributed by atoms with van der Waals surface area (Å²) in [4.78, 5) is 15.1. The summed E-state index contributed by atoms with van der Waals surface area (Å²) in [6, 6.07) is 6.42. The molecular weight excluding hydrogens is 245 g/mol. The number of hydrogen-bond acceptors (Lipinski definition) is 3. The number of nitrogens with zero attached hydrogens (tertiary/aromatic N) is 3. The molecule has 0 unspecified atom stereocenters. The molecule has 0 saturated carbocycles. The first-order chi connectivity index (χ1) is 9.10. The minimum Gasteiger partial charge on any atom is -0.340 e. The van der Waals surface area contributed by atoms with Crippen LogP contribution in [0, 0.1) is 17.1 Å². The van der Waals surface area contributed by atoms with E-state index >= 15 is 0 Å². The molecule has 1 heterocycles. The summed E-state index contributed by atoms with van der Waals surface area (Å²) in [6.07, 6.45) is 0. The molecule has 0 radical (unpaired) electrons. The maximum Gasteiger partial charge on any atom is 0.219 e. The lowest BCUT2D eigenvalue weighted by Gasteiger charge is -2.34. The normalized spacial score (nSPS) is 16.2. The highest BCUT2D eigenvalue weighted by atomic mass is 19.1. The monoisotopic (exact) mass is 261 g/mol. The lowest BCUT2D eigenvalue weighted by molar-refractivity contribution is -0.130. The Bertz CT molecular complexity index is 516. The maximum absolute atomic E-state index is 13.7.